The minimum atomic E-state index is -1.22. The van der Waals surface area contributed by atoms with Crippen LogP contribution < -0.4 is 10.6 Å². The zero-order chi connectivity index (χ0) is 11.7. The van der Waals surface area contributed by atoms with Crippen LogP contribution in [-0.2, 0) is 4.79 Å². The van der Waals surface area contributed by atoms with Crippen molar-refractivity contribution in [2.45, 2.75) is 18.9 Å². The molecule has 1 unspecified atom stereocenters. The number of hydrogen-bond donors (Lipinski definition) is 4. The lowest BCUT2D eigenvalue weighted by Crippen LogP contribution is -2.44. The second kappa shape index (κ2) is 7.17. The molecule has 0 rings (SSSR count). The van der Waals surface area contributed by atoms with Crippen LogP contribution in [0, 0.1) is 11.3 Å². The third kappa shape index (κ3) is 7.88. The van der Waals surface area contributed by atoms with Gasteiger partial charge in [-0.3, -0.25) is 4.79 Å². The van der Waals surface area contributed by atoms with Gasteiger partial charge in [-0.05, 0) is 6.92 Å². The number of nitrogens with one attached hydrogen (secondary N) is 2. The standard InChI is InChI=1S/C9H17N3O3/c1-9(15,7-13)6-11-5-8(14)12-4-2-3-10/h11,13,15H,2,4-7H2,1H3,(H,12,14). The third-order valence-corrected chi connectivity index (χ3v) is 1.69. The number of hydrogen-bond acceptors (Lipinski definition) is 5. The number of nitriles is 1. The van der Waals surface area contributed by atoms with Crippen LogP contribution in [0.25, 0.3) is 0 Å². The third-order valence-electron chi connectivity index (χ3n) is 1.69. The molecule has 0 fully saturated rings. The van der Waals surface area contributed by atoms with Gasteiger partial charge in [0.1, 0.15) is 0 Å². The maximum absolute atomic E-state index is 11.1. The molecule has 0 bridgehead atoms. The lowest BCUT2D eigenvalue weighted by molar-refractivity contribution is -0.120. The van der Waals surface area contributed by atoms with Gasteiger partial charge in [0.2, 0.25) is 5.91 Å². The predicted octanol–water partition coefficient (Wildman–Crippen LogP) is -1.65. The second-order valence-corrected chi connectivity index (χ2v) is 3.52. The van der Waals surface area contributed by atoms with Gasteiger partial charge in [0.05, 0.1) is 31.2 Å². The molecule has 0 aliphatic rings. The first-order valence-corrected chi connectivity index (χ1v) is 4.69. The van der Waals surface area contributed by atoms with E-state index in [2.05, 4.69) is 10.6 Å². The van der Waals surface area contributed by atoms with Gasteiger partial charge >= 0.3 is 0 Å². The van der Waals surface area contributed by atoms with E-state index in [1.54, 1.807) is 0 Å². The van der Waals surface area contributed by atoms with Crippen molar-refractivity contribution >= 4 is 5.91 Å². The quantitative estimate of drug-likeness (QED) is 0.381. The monoisotopic (exact) mass is 215 g/mol. The van der Waals surface area contributed by atoms with E-state index in [1.165, 1.54) is 6.92 Å². The Morgan fingerprint density at radius 1 is 1.60 bits per heavy atom. The van der Waals surface area contributed by atoms with E-state index in [1.807, 2.05) is 6.07 Å². The van der Waals surface area contributed by atoms with Crippen LogP contribution in [0.15, 0.2) is 0 Å². The Bertz CT molecular complexity index is 235. The van der Waals surface area contributed by atoms with Crippen LogP contribution in [0.3, 0.4) is 0 Å². The number of nitrogens with zero attached hydrogens (tertiary/aromatic N) is 1. The van der Waals surface area contributed by atoms with Gasteiger partial charge < -0.3 is 20.8 Å². The molecule has 0 aromatic heterocycles. The molecule has 0 saturated heterocycles. The molecule has 0 radical (unpaired) electrons. The highest BCUT2D eigenvalue weighted by atomic mass is 16.3. The summed E-state index contributed by atoms with van der Waals surface area (Å²) in [6, 6.07) is 1.90. The van der Waals surface area contributed by atoms with Crippen LogP contribution in [0.5, 0.6) is 0 Å². The van der Waals surface area contributed by atoms with Crippen molar-refractivity contribution < 1.29 is 15.0 Å². The first-order chi connectivity index (χ1) is 7.02. The molecular formula is C9H17N3O3. The molecule has 1 atom stereocenters. The van der Waals surface area contributed by atoms with Crippen molar-refractivity contribution in [3.05, 3.63) is 0 Å². The summed E-state index contributed by atoms with van der Waals surface area (Å²) in [7, 11) is 0. The first-order valence-electron chi connectivity index (χ1n) is 4.69. The van der Waals surface area contributed by atoms with E-state index in [9.17, 15) is 9.90 Å². The zero-order valence-corrected chi connectivity index (χ0v) is 8.79. The smallest absolute Gasteiger partial charge is 0.233 e. The Morgan fingerprint density at radius 2 is 2.27 bits per heavy atom. The minimum absolute atomic E-state index is 0.0571. The highest BCUT2D eigenvalue weighted by Gasteiger charge is 2.18. The van der Waals surface area contributed by atoms with Crippen molar-refractivity contribution in [1.29, 1.82) is 5.26 Å². The summed E-state index contributed by atoms with van der Waals surface area (Å²) in [4.78, 5) is 11.1. The maximum Gasteiger partial charge on any atom is 0.233 e. The van der Waals surface area contributed by atoms with Crippen LogP contribution in [-0.4, -0.2) is 48.0 Å². The average molecular weight is 215 g/mol. The Labute approximate surface area is 88.9 Å². The Balaban J connectivity index is 3.52. The number of carbonyl (C=O) groups excluding carboxylic acids is 1. The van der Waals surface area contributed by atoms with E-state index in [-0.39, 0.29) is 32.0 Å². The van der Waals surface area contributed by atoms with Crippen LogP contribution in [0.2, 0.25) is 0 Å². The highest BCUT2D eigenvalue weighted by molar-refractivity contribution is 5.77. The first kappa shape index (κ1) is 13.8. The van der Waals surface area contributed by atoms with Crippen molar-refractivity contribution in [2.75, 3.05) is 26.2 Å². The zero-order valence-electron chi connectivity index (χ0n) is 8.79. The number of aliphatic hydroxyl groups excluding tert-OH is 1. The van der Waals surface area contributed by atoms with Gasteiger partial charge in [-0.25, -0.2) is 0 Å². The maximum atomic E-state index is 11.1. The lowest BCUT2D eigenvalue weighted by atomic mass is 10.1. The minimum Gasteiger partial charge on any atom is -0.393 e. The second-order valence-electron chi connectivity index (χ2n) is 3.52. The van der Waals surface area contributed by atoms with E-state index in [0.717, 1.165) is 0 Å². The van der Waals surface area contributed by atoms with Crippen molar-refractivity contribution in [3.8, 4) is 6.07 Å². The predicted molar refractivity (Wildman–Crippen MR) is 53.8 cm³/mol. The fourth-order valence-electron chi connectivity index (χ4n) is 0.822. The number of amides is 1. The molecule has 0 spiro atoms. The highest BCUT2D eigenvalue weighted by Crippen LogP contribution is 1.97. The van der Waals surface area contributed by atoms with Crippen molar-refractivity contribution in [3.63, 3.8) is 0 Å². The molecule has 0 aliphatic heterocycles. The van der Waals surface area contributed by atoms with Gasteiger partial charge in [0, 0.05) is 13.1 Å². The Kier molecular flexibility index (Phi) is 6.62. The van der Waals surface area contributed by atoms with Crippen LogP contribution >= 0.6 is 0 Å². The van der Waals surface area contributed by atoms with E-state index >= 15 is 0 Å². The molecule has 15 heavy (non-hydrogen) atoms. The molecule has 6 heteroatoms. The summed E-state index contributed by atoms with van der Waals surface area (Å²) in [6.45, 7) is 1.62. The summed E-state index contributed by atoms with van der Waals surface area (Å²) < 4.78 is 0. The summed E-state index contributed by atoms with van der Waals surface area (Å²) in [5, 5.41) is 31.5. The Hall–Kier alpha value is -1.16. The lowest BCUT2D eigenvalue weighted by Gasteiger charge is -2.20. The largest absolute Gasteiger partial charge is 0.393 e. The number of aliphatic hydroxyl groups is 2. The van der Waals surface area contributed by atoms with Crippen molar-refractivity contribution in [1.82, 2.24) is 10.6 Å². The Morgan fingerprint density at radius 3 is 2.80 bits per heavy atom. The molecule has 6 nitrogen and oxygen atoms in total. The van der Waals surface area contributed by atoms with Crippen molar-refractivity contribution in [2.24, 2.45) is 0 Å². The van der Waals surface area contributed by atoms with Gasteiger partial charge in [0.15, 0.2) is 0 Å². The van der Waals surface area contributed by atoms with E-state index in [0.29, 0.717) is 6.54 Å². The summed E-state index contributed by atoms with van der Waals surface area (Å²) >= 11 is 0. The molecule has 0 heterocycles. The average Bonchev–Trinajstić information content (AvgIpc) is 2.18. The van der Waals surface area contributed by atoms with Gasteiger partial charge in [-0.2, -0.15) is 5.26 Å². The fourth-order valence-corrected chi connectivity index (χ4v) is 0.822. The van der Waals surface area contributed by atoms with Gasteiger partial charge in [-0.15, -0.1) is 0 Å². The van der Waals surface area contributed by atoms with E-state index in [4.69, 9.17) is 10.4 Å². The topological polar surface area (TPSA) is 105 Å². The molecule has 4 N–H and O–H groups in total. The fraction of sp³-hybridized carbons (Fsp3) is 0.778. The van der Waals surface area contributed by atoms with Gasteiger partial charge in [0.25, 0.3) is 0 Å². The normalized spacial score (nSPS) is 14.0. The van der Waals surface area contributed by atoms with Crippen LogP contribution in [0.4, 0.5) is 0 Å². The molecule has 0 aromatic carbocycles. The molecule has 86 valence electrons. The summed E-state index contributed by atoms with van der Waals surface area (Å²) in [5.41, 5.74) is -1.22. The number of rotatable bonds is 7. The van der Waals surface area contributed by atoms with Crippen LogP contribution in [0.1, 0.15) is 13.3 Å². The SMILES string of the molecule is CC(O)(CO)CNCC(=O)NCCC#N. The summed E-state index contributed by atoms with van der Waals surface area (Å²) in [6.07, 6.45) is 0.278. The molecule has 0 saturated carbocycles. The molecule has 0 aromatic rings. The molecular weight excluding hydrogens is 198 g/mol. The summed E-state index contributed by atoms with van der Waals surface area (Å²) in [5.74, 6) is -0.237. The van der Waals surface area contributed by atoms with Gasteiger partial charge in [-0.1, -0.05) is 0 Å². The molecule has 1 amide bonds. The number of carbonyl (C=O) groups is 1. The molecule has 0 aliphatic carbocycles. The van der Waals surface area contributed by atoms with E-state index < -0.39 is 5.60 Å².